The van der Waals surface area contributed by atoms with Crippen molar-refractivity contribution < 1.29 is 9.53 Å². The molecule has 1 heterocycles. The number of ether oxygens (including phenoxy) is 1. The number of carbonyl (C=O) groups excluding carboxylic acids is 1. The number of nitriles is 2. The number of hydrogen-bond acceptors (Lipinski definition) is 6. The first-order chi connectivity index (χ1) is 8.67. The van der Waals surface area contributed by atoms with Gasteiger partial charge in [-0.15, -0.1) is 0 Å². The van der Waals surface area contributed by atoms with Gasteiger partial charge in [-0.2, -0.15) is 15.6 Å². The molecule has 1 aliphatic heterocycles. The Kier molecular flexibility index (Phi) is 3.26. The minimum atomic E-state index is -0.459. The quantitative estimate of drug-likeness (QED) is 0.511. The highest BCUT2D eigenvalue weighted by Gasteiger charge is 2.26. The van der Waals surface area contributed by atoms with Crippen LogP contribution in [0.1, 0.15) is 15.9 Å². The van der Waals surface area contributed by atoms with Gasteiger partial charge in [-0.05, 0) is 22.0 Å². The topological polar surface area (TPSA) is 98.3 Å². The summed E-state index contributed by atoms with van der Waals surface area (Å²) in [6.07, 6.45) is 0. The molecule has 88 valence electrons. The average molecular weight is 305 g/mol. The maximum Gasteiger partial charge on any atom is 0.341 e. The molecule has 1 aliphatic rings. The molecule has 0 atom stereocenters. The van der Waals surface area contributed by atoms with Crippen molar-refractivity contribution >= 4 is 33.3 Å². The van der Waals surface area contributed by atoms with Crippen LogP contribution < -0.4 is 5.43 Å². The Labute approximate surface area is 111 Å². The van der Waals surface area contributed by atoms with E-state index >= 15 is 0 Å². The predicted octanol–water partition coefficient (Wildman–Crippen LogP) is 1.93. The fourth-order valence-corrected chi connectivity index (χ4v) is 1.90. The number of nitrogens with one attached hydrogen (secondary N) is 1. The minimum absolute atomic E-state index is 0.212. The Morgan fingerprint density at radius 3 is 2.83 bits per heavy atom. The van der Waals surface area contributed by atoms with Crippen LogP contribution in [-0.4, -0.2) is 11.7 Å². The van der Waals surface area contributed by atoms with E-state index in [-0.39, 0.29) is 12.3 Å². The Bertz CT molecular complexity index is 624. The number of esters is 1. The van der Waals surface area contributed by atoms with E-state index in [1.165, 1.54) is 0 Å². The van der Waals surface area contributed by atoms with Gasteiger partial charge in [0.15, 0.2) is 0 Å². The van der Waals surface area contributed by atoms with E-state index in [2.05, 4.69) is 26.5 Å². The van der Waals surface area contributed by atoms with E-state index in [1.807, 2.05) is 0 Å². The van der Waals surface area contributed by atoms with Crippen LogP contribution in [0.5, 0.6) is 0 Å². The van der Waals surface area contributed by atoms with Crippen LogP contribution in [0.2, 0.25) is 0 Å². The molecule has 1 aromatic carbocycles. The lowest BCUT2D eigenvalue weighted by atomic mass is 10.1. The summed E-state index contributed by atoms with van der Waals surface area (Å²) in [6, 6.07) is 6.72. The number of anilines is 1. The fraction of sp³-hybridized carbons (Fsp3) is 0.0909. The summed E-state index contributed by atoms with van der Waals surface area (Å²) in [5, 5.41) is 20.8. The van der Waals surface area contributed by atoms with Crippen molar-refractivity contribution in [2.24, 2.45) is 5.10 Å². The van der Waals surface area contributed by atoms with Crippen molar-refractivity contribution in [3.8, 4) is 12.1 Å². The third kappa shape index (κ3) is 2.04. The van der Waals surface area contributed by atoms with Crippen molar-refractivity contribution in [3.63, 3.8) is 0 Å². The lowest BCUT2D eigenvalue weighted by molar-refractivity contribution is 0.0535. The molecule has 18 heavy (non-hydrogen) atoms. The van der Waals surface area contributed by atoms with Crippen LogP contribution in [0.3, 0.4) is 0 Å². The first-order valence-electron chi connectivity index (χ1n) is 4.79. The molecule has 7 heteroatoms. The highest BCUT2D eigenvalue weighted by molar-refractivity contribution is 9.10. The van der Waals surface area contributed by atoms with Crippen molar-refractivity contribution in [1.29, 1.82) is 10.5 Å². The number of carbonyl (C=O) groups is 1. The van der Waals surface area contributed by atoms with Crippen LogP contribution >= 0.6 is 15.9 Å². The molecule has 1 aromatic rings. The van der Waals surface area contributed by atoms with Crippen molar-refractivity contribution in [2.75, 3.05) is 5.43 Å². The summed E-state index contributed by atoms with van der Waals surface area (Å²) < 4.78 is 5.50. The van der Waals surface area contributed by atoms with E-state index < -0.39 is 5.97 Å². The second kappa shape index (κ2) is 4.86. The zero-order chi connectivity index (χ0) is 13.1. The van der Waals surface area contributed by atoms with Gasteiger partial charge in [-0.3, -0.25) is 5.43 Å². The van der Waals surface area contributed by atoms with Gasteiger partial charge in [0.25, 0.3) is 0 Å². The maximum atomic E-state index is 11.6. The summed E-state index contributed by atoms with van der Waals surface area (Å²) in [5.41, 5.74) is 3.70. The molecule has 0 spiro atoms. The van der Waals surface area contributed by atoms with Gasteiger partial charge in [-0.1, -0.05) is 6.07 Å². The number of cyclic esters (lactones) is 1. The molecule has 0 radical (unpaired) electrons. The Morgan fingerprint density at radius 2 is 2.17 bits per heavy atom. The average Bonchev–Trinajstić information content (AvgIpc) is 2.75. The minimum Gasteiger partial charge on any atom is -0.457 e. The van der Waals surface area contributed by atoms with Crippen LogP contribution in [0.25, 0.3) is 0 Å². The lowest BCUT2D eigenvalue weighted by Crippen LogP contribution is -2.03. The molecule has 0 saturated carbocycles. The molecule has 0 aliphatic carbocycles. The van der Waals surface area contributed by atoms with Crippen LogP contribution in [0, 0.1) is 22.7 Å². The molecule has 0 amide bonds. The molecule has 0 unspecified atom stereocenters. The molecular weight excluding hydrogens is 300 g/mol. The number of halogens is 1. The first kappa shape index (κ1) is 12.1. The van der Waals surface area contributed by atoms with Crippen molar-refractivity contribution in [3.05, 3.63) is 27.7 Å². The van der Waals surface area contributed by atoms with Gasteiger partial charge in [0.2, 0.25) is 5.71 Å². The van der Waals surface area contributed by atoms with Gasteiger partial charge in [0, 0.05) is 10.0 Å². The molecule has 0 aromatic heterocycles. The van der Waals surface area contributed by atoms with Gasteiger partial charge in [-0.25, -0.2) is 4.79 Å². The summed E-state index contributed by atoms with van der Waals surface area (Å²) in [7, 11) is 0. The Morgan fingerprint density at radius 1 is 1.44 bits per heavy atom. The van der Waals surface area contributed by atoms with Crippen LogP contribution in [-0.2, 0) is 11.3 Å². The number of hydrogen-bond donors (Lipinski definition) is 1. The van der Waals surface area contributed by atoms with E-state index in [1.54, 1.807) is 24.3 Å². The number of benzene rings is 1. The SMILES string of the molecule is N#CC(C#N)=NNc1c(Br)ccc2c1C(=O)OC2. The molecule has 1 N–H and O–H groups in total. The smallest absolute Gasteiger partial charge is 0.341 e. The van der Waals surface area contributed by atoms with Crippen molar-refractivity contribution in [2.45, 2.75) is 6.61 Å². The largest absolute Gasteiger partial charge is 0.457 e. The second-order valence-corrected chi connectivity index (χ2v) is 4.18. The molecular formula is C11H5BrN4O2. The van der Waals surface area contributed by atoms with Crippen molar-refractivity contribution in [1.82, 2.24) is 0 Å². The van der Waals surface area contributed by atoms with Gasteiger partial charge >= 0.3 is 5.97 Å². The summed E-state index contributed by atoms with van der Waals surface area (Å²) in [5.74, 6) is -0.459. The summed E-state index contributed by atoms with van der Waals surface area (Å²) in [4.78, 5) is 11.6. The normalized spacial score (nSPS) is 11.8. The second-order valence-electron chi connectivity index (χ2n) is 3.33. The third-order valence-electron chi connectivity index (χ3n) is 2.29. The Hall–Kier alpha value is -2.38. The summed E-state index contributed by atoms with van der Waals surface area (Å²) >= 11 is 3.27. The standard InChI is InChI=1S/C11H5BrN4O2/c12-8-2-1-6-5-18-11(17)9(6)10(8)16-15-7(3-13)4-14/h1-2,16H,5H2. The zero-order valence-electron chi connectivity index (χ0n) is 8.90. The van der Waals surface area contributed by atoms with Crippen LogP contribution in [0.15, 0.2) is 21.7 Å². The predicted molar refractivity (Wildman–Crippen MR) is 65.5 cm³/mol. The van der Waals surface area contributed by atoms with E-state index in [0.717, 1.165) is 5.56 Å². The monoisotopic (exact) mass is 304 g/mol. The molecule has 2 rings (SSSR count). The van der Waals surface area contributed by atoms with Crippen LogP contribution in [0.4, 0.5) is 5.69 Å². The van der Waals surface area contributed by atoms with Gasteiger partial charge in [0.05, 0.1) is 11.3 Å². The first-order valence-corrected chi connectivity index (χ1v) is 5.59. The van der Waals surface area contributed by atoms with Gasteiger partial charge < -0.3 is 4.74 Å². The van der Waals surface area contributed by atoms with E-state index in [0.29, 0.717) is 15.7 Å². The highest BCUT2D eigenvalue weighted by Crippen LogP contribution is 2.33. The fourth-order valence-electron chi connectivity index (χ4n) is 1.49. The Balaban J connectivity index is 2.44. The molecule has 0 fully saturated rings. The van der Waals surface area contributed by atoms with E-state index in [4.69, 9.17) is 15.3 Å². The number of fused-ring (bicyclic) bond motifs is 1. The molecule has 0 saturated heterocycles. The maximum absolute atomic E-state index is 11.6. The number of rotatable bonds is 2. The third-order valence-corrected chi connectivity index (χ3v) is 2.96. The number of hydrazone groups is 1. The highest BCUT2D eigenvalue weighted by atomic mass is 79.9. The molecule has 6 nitrogen and oxygen atoms in total. The van der Waals surface area contributed by atoms with Gasteiger partial charge in [0.1, 0.15) is 18.7 Å². The molecule has 0 bridgehead atoms. The van der Waals surface area contributed by atoms with E-state index in [9.17, 15) is 4.79 Å². The zero-order valence-corrected chi connectivity index (χ0v) is 10.5. The summed E-state index contributed by atoms with van der Waals surface area (Å²) in [6.45, 7) is 0.212. The lowest BCUT2D eigenvalue weighted by Gasteiger charge is -2.06. The number of nitrogens with zero attached hydrogens (tertiary/aromatic N) is 3.